The van der Waals surface area contributed by atoms with Crippen LogP contribution in [0.4, 0.5) is 0 Å². The smallest absolute Gasteiger partial charge is 0.305 e. The number of aryl methyl sites for hydroxylation is 2. The Kier molecular flexibility index (Phi) is 5.44. The highest BCUT2D eigenvalue weighted by Crippen LogP contribution is 2.22. The van der Waals surface area contributed by atoms with Crippen LogP contribution >= 0.6 is 11.8 Å². The first-order chi connectivity index (χ1) is 10.9. The van der Waals surface area contributed by atoms with E-state index in [0.29, 0.717) is 11.3 Å². The van der Waals surface area contributed by atoms with Gasteiger partial charge in [0.2, 0.25) is 0 Å². The molecule has 1 aromatic carbocycles. The van der Waals surface area contributed by atoms with Gasteiger partial charge in [-0.25, -0.2) is 0 Å². The Bertz CT molecular complexity index is 710. The van der Waals surface area contributed by atoms with Crippen LogP contribution in [0.1, 0.15) is 34.1 Å². The molecule has 6 nitrogen and oxygen atoms in total. The minimum atomic E-state index is -0.966. The van der Waals surface area contributed by atoms with Crippen LogP contribution in [0.15, 0.2) is 35.4 Å². The molecule has 1 heterocycles. The lowest BCUT2D eigenvalue weighted by molar-refractivity contribution is -0.137. The zero-order chi connectivity index (χ0) is 17.0. The number of thioether (sulfide) groups is 1. The van der Waals surface area contributed by atoms with Crippen molar-refractivity contribution in [3.8, 4) is 0 Å². The van der Waals surface area contributed by atoms with E-state index in [9.17, 15) is 9.59 Å². The molecule has 23 heavy (non-hydrogen) atoms. The number of hydrogen-bond donors (Lipinski definition) is 2. The number of rotatable bonds is 6. The van der Waals surface area contributed by atoms with Crippen LogP contribution in [0.25, 0.3) is 0 Å². The number of nitrogens with zero attached hydrogens (tertiary/aromatic N) is 2. The second-order valence-corrected chi connectivity index (χ2v) is 6.08. The third-order valence-corrected chi connectivity index (χ3v) is 4.20. The van der Waals surface area contributed by atoms with E-state index in [4.69, 9.17) is 5.11 Å². The molecule has 1 unspecified atom stereocenters. The molecule has 0 aliphatic carbocycles. The first kappa shape index (κ1) is 17.1. The van der Waals surface area contributed by atoms with Crippen molar-refractivity contribution in [2.75, 3.05) is 6.26 Å². The highest BCUT2D eigenvalue weighted by Gasteiger charge is 2.21. The van der Waals surface area contributed by atoms with Crippen LogP contribution in [-0.2, 0) is 11.8 Å². The van der Waals surface area contributed by atoms with Crippen molar-refractivity contribution in [2.45, 2.75) is 24.3 Å². The lowest BCUT2D eigenvalue weighted by Crippen LogP contribution is -2.30. The number of carboxylic acids is 1. The maximum atomic E-state index is 12.4. The van der Waals surface area contributed by atoms with Crippen molar-refractivity contribution < 1.29 is 14.7 Å². The number of aliphatic carboxylic acids is 1. The van der Waals surface area contributed by atoms with Gasteiger partial charge in [0.1, 0.15) is 0 Å². The first-order valence-electron chi connectivity index (χ1n) is 7.07. The summed E-state index contributed by atoms with van der Waals surface area (Å²) in [4.78, 5) is 24.6. The van der Waals surface area contributed by atoms with Crippen molar-refractivity contribution >= 4 is 23.6 Å². The highest BCUT2D eigenvalue weighted by molar-refractivity contribution is 7.98. The summed E-state index contributed by atoms with van der Waals surface area (Å²) in [5.41, 5.74) is 1.82. The summed E-state index contributed by atoms with van der Waals surface area (Å²) in [7, 11) is 1.74. The number of carbonyl (C=O) groups excluding carboxylic acids is 1. The highest BCUT2D eigenvalue weighted by atomic mass is 32.2. The fourth-order valence-electron chi connectivity index (χ4n) is 2.32. The van der Waals surface area contributed by atoms with E-state index in [2.05, 4.69) is 10.4 Å². The van der Waals surface area contributed by atoms with E-state index in [-0.39, 0.29) is 12.3 Å². The van der Waals surface area contributed by atoms with E-state index < -0.39 is 12.0 Å². The van der Waals surface area contributed by atoms with Gasteiger partial charge < -0.3 is 10.4 Å². The number of benzene rings is 1. The van der Waals surface area contributed by atoms with Crippen molar-refractivity contribution in [1.82, 2.24) is 15.1 Å². The molecule has 0 fully saturated rings. The standard InChI is InChI=1S/C16H19N3O3S/c1-10-13(9-19(2)18-10)16(22)17-14(8-15(20)21)11-4-6-12(23-3)7-5-11/h4-7,9,14H,8H2,1-3H3,(H,17,22)(H,20,21). The Morgan fingerprint density at radius 2 is 2.00 bits per heavy atom. The van der Waals surface area contributed by atoms with Gasteiger partial charge in [0, 0.05) is 18.1 Å². The van der Waals surface area contributed by atoms with Crippen molar-refractivity contribution in [2.24, 2.45) is 7.05 Å². The van der Waals surface area contributed by atoms with Crippen LogP contribution in [0.5, 0.6) is 0 Å². The Hall–Kier alpha value is -2.28. The predicted molar refractivity (Wildman–Crippen MR) is 88.6 cm³/mol. The zero-order valence-electron chi connectivity index (χ0n) is 13.2. The molecule has 1 amide bonds. The SMILES string of the molecule is CSc1ccc(C(CC(=O)O)NC(=O)c2cn(C)nc2C)cc1. The number of carboxylic acid groups (broad SMARTS) is 1. The largest absolute Gasteiger partial charge is 0.481 e. The molecule has 1 aromatic heterocycles. The first-order valence-corrected chi connectivity index (χ1v) is 8.30. The number of nitrogens with one attached hydrogen (secondary N) is 1. The normalized spacial score (nSPS) is 12.0. The zero-order valence-corrected chi connectivity index (χ0v) is 14.1. The molecule has 0 aliphatic heterocycles. The minimum Gasteiger partial charge on any atom is -0.481 e. The Labute approximate surface area is 138 Å². The molecule has 122 valence electrons. The lowest BCUT2D eigenvalue weighted by atomic mass is 10.0. The summed E-state index contributed by atoms with van der Waals surface area (Å²) in [5, 5.41) is 16.0. The van der Waals surface area contributed by atoms with E-state index in [1.54, 1.807) is 36.6 Å². The molecule has 1 atom stereocenters. The summed E-state index contributed by atoms with van der Waals surface area (Å²) < 4.78 is 1.56. The van der Waals surface area contributed by atoms with Crippen molar-refractivity contribution in [3.63, 3.8) is 0 Å². The summed E-state index contributed by atoms with van der Waals surface area (Å²) in [6, 6.07) is 6.92. The van der Waals surface area contributed by atoms with Gasteiger partial charge in [0.15, 0.2) is 0 Å². The third kappa shape index (κ3) is 4.35. The molecule has 0 saturated heterocycles. The van der Waals surface area contributed by atoms with Gasteiger partial charge in [-0.15, -0.1) is 11.8 Å². The molecule has 0 bridgehead atoms. The number of amides is 1. The van der Waals surface area contributed by atoms with Crippen molar-refractivity contribution in [1.29, 1.82) is 0 Å². The monoisotopic (exact) mass is 333 g/mol. The molecule has 0 aliphatic rings. The van der Waals surface area contributed by atoms with Gasteiger partial charge in [-0.2, -0.15) is 5.10 Å². The van der Waals surface area contributed by atoms with Gasteiger partial charge in [0.25, 0.3) is 5.91 Å². The Morgan fingerprint density at radius 1 is 1.35 bits per heavy atom. The Balaban J connectivity index is 2.22. The predicted octanol–water partition coefficient (Wildman–Crippen LogP) is 2.40. The van der Waals surface area contributed by atoms with Gasteiger partial charge in [-0.1, -0.05) is 12.1 Å². The maximum absolute atomic E-state index is 12.4. The fourth-order valence-corrected chi connectivity index (χ4v) is 2.73. The summed E-state index contributed by atoms with van der Waals surface area (Å²) >= 11 is 1.60. The van der Waals surface area contributed by atoms with Crippen LogP contribution in [0, 0.1) is 6.92 Å². The van der Waals surface area contributed by atoms with Gasteiger partial charge in [-0.3, -0.25) is 14.3 Å². The average molecular weight is 333 g/mol. The quantitative estimate of drug-likeness (QED) is 0.793. The average Bonchev–Trinajstić information content (AvgIpc) is 2.85. The topological polar surface area (TPSA) is 84.2 Å². The van der Waals surface area contributed by atoms with E-state index in [1.807, 2.05) is 30.5 Å². The second-order valence-electron chi connectivity index (χ2n) is 5.20. The van der Waals surface area contributed by atoms with E-state index in [1.165, 1.54) is 0 Å². The molecule has 7 heteroatoms. The summed E-state index contributed by atoms with van der Waals surface area (Å²) in [6.07, 6.45) is 3.42. The maximum Gasteiger partial charge on any atom is 0.305 e. The number of hydrogen-bond acceptors (Lipinski definition) is 4. The molecule has 2 N–H and O–H groups in total. The molecule has 0 radical (unpaired) electrons. The summed E-state index contributed by atoms with van der Waals surface area (Å²) in [5.74, 6) is -1.29. The van der Waals surface area contributed by atoms with Crippen molar-refractivity contribution in [3.05, 3.63) is 47.3 Å². The number of aromatic nitrogens is 2. The van der Waals surface area contributed by atoms with E-state index >= 15 is 0 Å². The Morgan fingerprint density at radius 3 is 2.48 bits per heavy atom. The molecular formula is C16H19N3O3S. The third-order valence-electron chi connectivity index (χ3n) is 3.46. The van der Waals surface area contributed by atoms with Gasteiger partial charge in [-0.05, 0) is 30.9 Å². The summed E-state index contributed by atoms with van der Waals surface area (Å²) in [6.45, 7) is 1.74. The molecular weight excluding hydrogens is 314 g/mol. The number of carbonyl (C=O) groups is 2. The van der Waals surface area contributed by atoms with Crippen LogP contribution in [0.3, 0.4) is 0 Å². The minimum absolute atomic E-state index is 0.177. The fraction of sp³-hybridized carbons (Fsp3) is 0.312. The molecule has 0 saturated carbocycles. The van der Waals surface area contributed by atoms with Gasteiger partial charge in [0.05, 0.1) is 23.7 Å². The lowest BCUT2D eigenvalue weighted by Gasteiger charge is -2.17. The molecule has 2 aromatic rings. The van der Waals surface area contributed by atoms with Gasteiger partial charge >= 0.3 is 5.97 Å². The molecule has 2 rings (SSSR count). The van der Waals surface area contributed by atoms with Crippen LogP contribution < -0.4 is 5.32 Å². The van der Waals surface area contributed by atoms with Crippen LogP contribution in [-0.4, -0.2) is 33.0 Å². The van der Waals surface area contributed by atoms with Crippen LogP contribution in [0.2, 0.25) is 0 Å². The van der Waals surface area contributed by atoms with E-state index in [0.717, 1.165) is 10.5 Å². The molecule has 0 spiro atoms. The second kappa shape index (κ2) is 7.32.